The van der Waals surface area contributed by atoms with Crippen molar-refractivity contribution in [1.82, 2.24) is 15.0 Å². The molecule has 0 saturated heterocycles. The van der Waals surface area contributed by atoms with E-state index in [9.17, 15) is 13.2 Å². The highest BCUT2D eigenvalue weighted by molar-refractivity contribution is 7.05. The molecule has 0 bridgehead atoms. The lowest BCUT2D eigenvalue weighted by Crippen LogP contribution is -2.29. The molecule has 3 N–H and O–H groups in total. The third-order valence-corrected chi connectivity index (χ3v) is 2.86. The number of hydrogen-bond donors (Lipinski definition) is 2. The Labute approximate surface area is 88.8 Å². The van der Waals surface area contributed by atoms with E-state index in [1.165, 1.54) is 0 Å². The van der Waals surface area contributed by atoms with E-state index in [1.807, 2.05) is 0 Å². The minimum atomic E-state index is -4.17. The first-order valence-corrected chi connectivity index (χ1v) is 5.03. The van der Waals surface area contributed by atoms with Gasteiger partial charge in [0.25, 0.3) is 0 Å². The smallest absolute Gasteiger partial charge is 0.271 e. The van der Waals surface area contributed by atoms with E-state index in [4.69, 9.17) is 5.84 Å². The Morgan fingerprint density at radius 1 is 1.53 bits per heavy atom. The molecule has 0 amide bonds. The van der Waals surface area contributed by atoms with Crippen molar-refractivity contribution in [3.05, 3.63) is 10.6 Å². The Kier molecular flexibility index (Phi) is 4.00. The van der Waals surface area contributed by atoms with Crippen molar-refractivity contribution in [1.29, 1.82) is 0 Å². The third-order valence-electron chi connectivity index (χ3n) is 1.92. The molecule has 0 aromatic carbocycles. The molecular formula is C7H11F3N4S. The molecule has 0 aliphatic carbocycles. The van der Waals surface area contributed by atoms with Gasteiger partial charge in [-0.25, -0.2) is 0 Å². The number of nitrogens with zero attached hydrogens (tertiary/aromatic N) is 2. The SMILES string of the molecule is Cc1nnsc1C(CCC(F)(F)F)NN. The van der Waals surface area contributed by atoms with E-state index in [2.05, 4.69) is 15.0 Å². The minimum absolute atomic E-state index is 0.106. The molecule has 8 heteroatoms. The predicted molar refractivity (Wildman–Crippen MR) is 50.0 cm³/mol. The third kappa shape index (κ3) is 3.73. The molecule has 15 heavy (non-hydrogen) atoms. The number of halogens is 3. The lowest BCUT2D eigenvalue weighted by Gasteiger charge is -2.15. The molecule has 1 rings (SSSR count). The molecule has 0 aliphatic heterocycles. The molecule has 86 valence electrons. The normalized spacial score (nSPS) is 14.2. The fourth-order valence-corrected chi connectivity index (χ4v) is 1.89. The van der Waals surface area contributed by atoms with E-state index in [-0.39, 0.29) is 6.42 Å². The molecular weight excluding hydrogens is 229 g/mol. The summed E-state index contributed by atoms with van der Waals surface area (Å²) in [7, 11) is 0. The van der Waals surface area contributed by atoms with Crippen LogP contribution in [0.3, 0.4) is 0 Å². The summed E-state index contributed by atoms with van der Waals surface area (Å²) in [6, 6.07) is -0.536. The summed E-state index contributed by atoms with van der Waals surface area (Å²) in [6.07, 6.45) is -5.15. The standard InChI is InChI=1S/C7H11F3N4S/c1-4-6(15-14-13-4)5(12-11)2-3-7(8,9)10/h5,12H,2-3,11H2,1H3. The fraction of sp³-hybridized carbons (Fsp3) is 0.714. The summed E-state index contributed by atoms with van der Waals surface area (Å²) in [4.78, 5) is 0.654. The predicted octanol–water partition coefficient (Wildman–Crippen LogP) is 1.69. The highest BCUT2D eigenvalue weighted by Gasteiger charge is 2.29. The van der Waals surface area contributed by atoms with Gasteiger partial charge in [0.1, 0.15) is 0 Å². The fourth-order valence-electron chi connectivity index (χ4n) is 1.15. The maximum Gasteiger partial charge on any atom is 0.389 e. The van der Waals surface area contributed by atoms with Crippen LogP contribution in [0.1, 0.15) is 29.5 Å². The molecule has 0 spiro atoms. The molecule has 0 aliphatic rings. The number of aromatic nitrogens is 2. The number of nitrogens with two attached hydrogens (primary N) is 1. The number of nitrogens with one attached hydrogen (secondary N) is 1. The van der Waals surface area contributed by atoms with E-state index in [1.54, 1.807) is 6.92 Å². The van der Waals surface area contributed by atoms with Crippen molar-refractivity contribution in [2.75, 3.05) is 0 Å². The van der Waals surface area contributed by atoms with Gasteiger partial charge in [0.2, 0.25) is 0 Å². The van der Waals surface area contributed by atoms with Gasteiger partial charge < -0.3 is 0 Å². The zero-order valence-electron chi connectivity index (χ0n) is 8.01. The van der Waals surface area contributed by atoms with Crippen molar-refractivity contribution < 1.29 is 13.2 Å². The average Bonchev–Trinajstić information content (AvgIpc) is 2.52. The Morgan fingerprint density at radius 3 is 2.60 bits per heavy atom. The Hall–Kier alpha value is -0.730. The number of alkyl halides is 3. The molecule has 1 unspecified atom stereocenters. The van der Waals surface area contributed by atoms with Gasteiger partial charge in [0.05, 0.1) is 16.6 Å². The van der Waals surface area contributed by atoms with Crippen LogP contribution >= 0.6 is 11.5 Å². The van der Waals surface area contributed by atoms with Crippen LogP contribution in [-0.4, -0.2) is 15.8 Å². The van der Waals surface area contributed by atoms with Gasteiger partial charge in [-0.1, -0.05) is 4.49 Å². The summed E-state index contributed by atoms with van der Waals surface area (Å²) in [5.74, 6) is 5.20. The van der Waals surface area contributed by atoms with Crippen LogP contribution in [-0.2, 0) is 0 Å². The molecule has 0 saturated carbocycles. The van der Waals surface area contributed by atoms with Gasteiger partial charge in [0.15, 0.2) is 0 Å². The Balaban J connectivity index is 2.61. The highest BCUT2D eigenvalue weighted by atomic mass is 32.1. The van der Waals surface area contributed by atoms with Crippen molar-refractivity contribution in [3.8, 4) is 0 Å². The summed E-state index contributed by atoms with van der Waals surface area (Å²) in [6.45, 7) is 1.69. The van der Waals surface area contributed by atoms with Crippen molar-refractivity contribution >= 4 is 11.5 Å². The largest absolute Gasteiger partial charge is 0.389 e. The van der Waals surface area contributed by atoms with Crippen molar-refractivity contribution in [2.24, 2.45) is 5.84 Å². The minimum Gasteiger partial charge on any atom is -0.271 e. The van der Waals surface area contributed by atoms with Gasteiger partial charge in [-0.2, -0.15) is 13.2 Å². The van der Waals surface area contributed by atoms with Gasteiger partial charge in [-0.15, -0.1) is 5.10 Å². The first kappa shape index (κ1) is 12.3. The van der Waals surface area contributed by atoms with Crippen LogP contribution in [0.2, 0.25) is 0 Å². The first-order valence-electron chi connectivity index (χ1n) is 4.26. The summed E-state index contributed by atoms with van der Waals surface area (Å²) in [5.41, 5.74) is 2.96. The lowest BCUT2D eigenvalue weighted by molar-refractivity contribution is -0.136. The number of rotatable bonds is 4. The van der Waals surface area contributed by atoms with Crippen LogP contribution in [0.5, 0.6) is 0 Å². The van der Waals surface area contributed by atoms with E-state index < -0.39 is 18.6 Å². The summed E-state index contributed by atoms with van der Waals surface area (Å²) >= 11 is 1.06. The van der Waals surface area contributed by atoms with Gasteiger partial charge in [0, 0.05) is 6.42 Å². The highest BCUT2D eigenvalue weighted by Crippen LogP contribution is 2.29. The molecule has 0 fully saturated rings. The maximum atomic E-state index is 12.0. The Morgan fingerprint density at radius 2 is 2.20 bits per heavy atom. The van der Waals surface area contributed by atoms with Gasteiger partial charge in [-0.05, 0) is 24.9 Å². The Bertz CT molecular complexity index is 311. The number of hydrazine groups is 1. The second-order valence-corrected chi connectivity index (χ2v) is 3.88. The van der Waals surface area contributed by atoms with Gasteiger partial charge in [-0.3, -0.25) is 11.3 Å². The van der Waals surface area contributed by atoms with Crippen LogP contribution in [0.25, 0.3) is 0 Å². The lowest BCUT2D eigenvalue weighted by atomic mass is 10.1. The van der Waals surface area contributed by atoms with Crippen LogP contribution in [0, 0.1) is 6.92 Å². The second-order valence-electron chi connectivity index (χ2n) is 3.10. The monoisotopic (exact) mass is 240 g/mol. The van der Waals surface area contributed by atoms with Crippen molar-refractivity contribution in [3.63, 3.8) is 0 Å². The number of hydrogen-bond acceptors (Lipinski definition) is 5. The molecule has 1 heterocycles. The van der Waals surface area contributed by atoms with E-state index in [0.717, 1.165) is 11.5 Å². The molecule has 4 nitrogen and oxygen atoms in total. The molecule has 1 atom stereocenters. The zero-order valence-corrected chi connectivity index (χ0v) is 8.82. The molecule has 1 aromatic rings. The number of aryl methyl sites for hydroxylation is 1. The summed E-state index contributed by atoms with van der Waals surface area (Å²) < 4.78 is 39.6. The van der Waals surface area contributed by atoms with E-state index in [0.29, 0.717) is 10.6 Å². The van der Waals surface area contributed by atoms with Crippen molar-refractivity contribution in [2.45, 2.75) is 32.0 Å². The molecule has 1 aromatic heterocycles. The summed E-state index contributed by atoms with van der Waals surface area (Å²) in [5, 5.41) is 3.72. The first-order chi connectivity index (χ1) is 6.94. The van der Waals surface area contributed by atoms with E-state index >= 15 is 0 Å². The van der Waals surface area contributed by atoms with Crippen LogP contribution in [0.4, 0.5) is 13.2 Å². The molecule has 0 radical (unpaired) electrons. The topological polar surface area (TPSA) is 63.8 Å². The maximum absolute atomic E-state index is 12.0. The second kappa shape index (κ2) is 4.86. The quantitative estimate of drug-likeness (QED) is 0.621. The van der Waals surface area contributed by atoms with Crippen LogP contribution < -0.4 is 11.3 Å². The zero-order chi connectivity index (χ0) is 11.5. The van der Waals surface area contributed by atoms with Crippen LogP contribution in [0.15, 0.2) is 0 Å². The van der Waals surface area contributed by atoms with Gasteiger partial charge >= 0.3 is 6.18 Å². The average molecular weight is 240 g/mol.